The molecule has 126 valence electrons. The molecule has 3 rings (SSSR count). The SMILES string of the molecule is O=C(NCC(c1ccc(F)cc1)N1CCOCC1)c1cccnc1. The van der Waals surface area contributed by atoms with Gasteiger partial charge in [-0.05, 0) is 29.8 Å². The molecule has 2 aromatic rings. The number of nitrogens with one attached hydrogen (secondary N) is 1. The number of carbonyl (C=O) groups is 1. The number of hydrogen-bond donors (Lipinski definition) is 1. The highest BCUT2D eigenvalue weighted by Gasteiger charge is 2.23. The number of halogens is 1. The zero-order chi connectivity index (χ0) is 16.8. The number of morpholine rings is 1. The fraction of sp³-hybridized carbons (Fsp3) is 0.333. The van der Waals surface area contributed by atoms with Gasteiger partial charge in [0.25, 0.3) is 5.91 Å². The summed E-state index contributed by atoms with van der Waals surface area (Å²) < 4.78 is 18.6. The van der Waals surface area contributed by atoms with Crippen LogP contribution in [-0.4, -0.2) is 48.6 Å². The minimum Gasteiger partial charge on any atom is -0.379 e. The van der Waals surface area contributed by atoms with Crippen molar-refractivity contribution in [1.82, 2.24) is 15.2 Å². The summed E-state index contributed by atoms with van der Waals surface area (Å²) in [6, 6.07) is 9.88. The second-order valence-electron chi connectivity index (χ2n) is 5.67. The Bertz CT molecular complexity index is 658. The fourth-order valence-electron chi connectivity index (χ4n) is 2.82. The van der Waals surface area contributed by atoms with Crippen molar-refractivity contribution >= 4 is 5.91 Å². The molecule has 0 saturated carbocycles. The molecule has 1 fully saturated rings. The number of amides is 1. The van der Waals surface area contributed by atoms with Gasteiger partial charge in [0.05, 0.1) is 24.8 Å². The van der Waals surface area contributed by atoms with E-state index >= 15 is 0 Å². The number of ether oxygens (including phenoxy) is 1. The van der Waals surface area contributed by atoms with Crippen molar-refractivity contribution in [3.05, 3.63) is 65.7 Å². The van der Waals surface area contributed by atoms with E-state index in [1.165, 1.54) is 18.3 Å². The molecule has 0 bridgehead atoms. The highest BCUT2D eigenvalue weighted by Crippen LogP contribution is 2.21. The molecule has 6 heteroatoms. The van der Waals surface area contributed by atoms with Gasteiger partial charge in [0.15, 0.2) is 0 Å². The van der Waals surface area contributed by atoms with Crippen molar-refractivity contribution in [3.8, 4) is 0 Å². The molecule has 1 aliphatic rings. The Kier molecular flexibility index (Phi) is 5.51. The smallest absolute Gasteiger partial charge is 0.252 e. The Morgan fingerprint density at radius 2 is 2.00 bits per heavy atom. The number of rotatable bonds is 5. The van der Waals surface area contributed by atoms with E-state index in [0.29, 0.717) is 25.3 Å². The van der Waals surface area contributed by atoms with Crippen LogP contribution in [0.15, 0.2) is 48.8 Å². The maximum atomic E-state index is 13.2. The first-order valence-corrected chi connectivity index (χ1v) is 7.99. The summed E-state index contributed by atoms with van der Waals surface area (Å²) in [5.74, 6) is -0.428. The summed E-state index contributed by atoms with van der Waals surface area (Å²) in [5.41, 5.74) is 1.50. The molecule has 1 aromatic carbocycles. The maximum absolute atomic E-state index is 13.2. The average Bonchev–Trinajstić information content (AvgIpc) is 2.65. The quantitative estimate of drug-likeness (QED) is 0.912. The maximum Gasteiger partial charge on any atom is 0.252 e. The molecule has 0 radical (unpaired) electrons. The molecule has 0 aliphatic carbocycles. The normalized spacial score (nSPS) is 16.5. The lowest BCUT2D eigenvalue weighted by atomic mass is 10.0. The number of aromatic nitrogens is 1. The Labute approximate surface area is 140 Å². The van der Waals surface area contributed by atoms with Crippen molar-refractivity contribution in [3.63, 3.8) is 0 Å². The first-order valence-electron chi connectivity index (χ1n) is 7.99. The van der Waals surface area contributed by atoms with E-state index in [-0.39, 0.29) is 17.8 Å². The van der Waals surface area contributed by atoms with Crippen LogP contribution in [0.3, 0.4) is 0 Å². The van der Waals surface area contributed by atoms with Crippen molar-refractivity contribution in [2.45, 2.75) is 6.04 Å². The number of hydrogen-bond acceptors (Lipinski definition) is 4. The molecule has 1 saturated heterocycles. The van der Waals surface area contributed by atoms with Crippen LogP contribution in [0.5, 0.6) is 0 Å². The molecule has 1 amide bonds. The zero-order valence-electron chi connectivity index (χ0n) is 13.3. The van der Waals surface area contributed by atoms with Crippen molar-refractivity contribution in [1.29, 1.82) is 0 Å². The topological polar surface area (TPSA) is 54.5 Å². The molecule has 1 atom stereocenters. The van der Waals surface area contributed by atoms with E-state index in [2.05, 4.69) is 15.2 Å². The van der Waals surface area contributed by atoms with Crippen molar-refractivity contribution in [2.24, 2.45) is 0 Å². The lowest BCUT2D eigenvalue weighted by molar-refractivity contribution is 0.0162. The van der Waals surface area contributed by atoms with E-state index in [4.69, 9.17) is 4.74 Å². The number of pyridine rings is 1. The Hall–Kier alpha value is -2.31. The minimum absolute atomic E-state index is 0.0184. The molecule has 1 unspecified atom stereocenters. The lowest BCUT2D eigenvalue weighted by Crippen LogP contribution is -2.43. The van der Waals surface area contributed by atoms with Gasteiger partial charge >= 0.3 is 0 Å². The van der Waals surface area contributed by atoms with Crippen molar-refractivity contribution in [2.75, 3.05) is 32.8 Å². The first kappa shape index (κ1) is 16.5. The average molecular weight is 329 g/mol. The Morgan fingerprint density at radius 1 is 1.25 bits per heavy atom. The summed E-state index contributed by atoms with van der Waals surface area (Å²) in [6.45, 7) is 3.33. The van der Waals surface area contributed by atoms with Gasteiger partial charge in [-0.25, -0.2) is 4.39 Å². The highest BCUT2D eigenvalue weighted by molar-refractivity contribution is 5.93. The second kappa shape index (κ2) is 7.99. The van der Waals surface area contributed by atoms with E-state index in [1.54, 1.807) is 30.5 Å². The van der Waals surface area contributed by atoms with Gasteiger partial charge in [-0.3, -0.25) is 14.7 Å². The predicted octanol–water partition coefficient (Wildman–Crippen LogP) is 2.02. The van der Waals surface area contributed by atoms with Gasteiger partial charge in [-0.15, -0.1) is 0 Å². The van der Waals surface area contributed by atoms with Crippen LogP contribution < -0.4 is 5.32 Å². The fourth-order valence-corrected chi connectivity index (χ4v) is 2.82. The van der Waals surface area contributed by atoms with E-state index < -0.39 is 0 Å². The van der Waals surface area contributed by atoms with Gasteiger partial charge in [-0.1, -0.05) is 12.1 Å². The molecule has 2 heterocycles. The molecular formula is C18H20FN3O2. The summed E-state index contributed by atoms with van der Waals surface area (Å²) in [5, 5.41) is 2.95. The van der Waals surface area contributed by atoms with E-state index in [1.807, 2.05) is 0 Å². The van der Waals surface area contributed by atoms with Crippen LogP contribution in [0.25, 0.3) is 0 Å². The minimum atomic E-state index is -0.265. The summed E-state index contributed by atoms with van der Waals surface area (Å²) >= 11 is 0. The number of carbonyl (C=O) groups excluding carboxylic acids is 1. The third-order valence-corrected chi connectivity index (χ3v) is 4.12. The van der Waals surface area contributed by atoms with Gasteiger partial charge in [0.2, 0.25) is 0 Å². The van der Waals surface area contributed by atoms with Gasteiger partial charge in [-0.2, -0.15) is 0 Å². The van der Waals surface area contributed by atoms with Crippen molar-refractivity contribution < 1.29 is 13.9 Å². The largest absolute Gasteiger partial charge is 0.379 e. The summed E-state index contributed by atoms with van der Waals surface area (Å²) in [7, 11) is 0. The molecule has 1 aromatic heterocycles. The molecule has 1 aliphatic heterocycles. The molecule has 1 N–H and O–H groups in total. The monoisotopic (exact) mass is 329 g/mol. The zero-order valence-corrected chi connectivity index (χ0v) is 13.3. The van der Waals surface area contributed by atoms with E-state index in [0.717, 1.165) is 18.7 Å². The van der Waals surface area contributed by atoms with Gasteiger partial charge in [0, 0.05) is 32.0 Å². The van der Waals surface area contributed by atoms with Crippen LogP contribution in [0.4, 0.5) is 4.39 Å². The first-order chi connectivity index (χ1) is 11.7. The molecule has 0 spiro atoms. The predicted molar refractivity (Wildman–Crippen MR) is 88.1 cm³/mol. The summed E-state index contributed by atoms with van der Waals surface area (Å²) in [4.78, 5) is 18.5. The van der Waals surface area contributed by atoms with Gasteiger partial charge in [0.1, 0.15) is 5.82 Å². The van der Waals surface area contributed by atoms with Crippen LogP contribution in [0.1, 0.15) is 22.0 Å². The van der Waals surface area contributed by atoms with Crippen LogP contribution in [-0.2, 0) is 4.74 Å². The third-order valence-electron chi connectivity index (χ3n) is 4.12. The van der Waals surface area contributed by atoms with Crippen LogP contribution in [0.2, 0.25) is 0 Å². The van der Waals surface area contributed by atoms with Crippen LogP contribution >= 0.6 is 0 Å². The Morgan fingerprint density at radius 3 is 2.67 bits per heavy atom. The van der Waals surface area contributed by atoms with Gasteiger partial charge < -0.3 is 10.1 Å². The Balaban J connectivity index is 1.72. The standard InChI is InChI=1S/C18H20FN3O2/c19-16-5-3-14(4-6-16)17(22-8-10-24-11-9-22)13-21-18(23)15-2-1-7-20-12-15/h1-7,12,17H,8-11,13H2,(H,21,23). The third kappa shape index (κ3) is 4.15. The van der Waals surface area contributed by atoms with E-state index in [9.17, 15) is 9.18 Å². The highest BCUT2D eigenvalue weighted by atomic mass is 19.1. The summed E-state index contributed by atoms with van der Waals surface area (Å²) in [6.07, 6.45) is 3.17. The lowest BCUT2D eigenvalue weighted by Gasteiger charge is -2.35. The number of benzene rings is 1. The number of nitrogens with zero attached hydrogens (tertiary/aromatic N) is 2. The molecule has 5 nitrogen and oxygen atoms in total. The molecule has 24 heavy (non-hydrogen) atoms. The molecular weight excluding hydrogens is 309 g/mol. The second-order valence-corrected chi connectivity index (χ2v) is 5.67. The van der Waals surface area contributed by atoms with Crippen LogP contribution in [0, 0.1) is 5.82 Å².